The third kappa shape index (κ3) is 3.92. The largest absolute Gasteiger partial charge is 0.309 e. The quantitative estimate of drug-likeness (QED) is 0.864. The number of hydrogen-bond donors (Lipinski definition) is 1. The zero-order valence-electron chi connectivity index (χ0n) is 12.5. The van der Waals surface area contributed by atoms with Crippen molar-refractivity contribution in [1.82, 2.24) is 5.32 Å². The summed E-state index contributed by atoms with van der Waals surface area (Å²) >= 11 is 4.11. The van der Waals surface area contributed by atoms with Crippen LogP contribution < -0.4 is 5.32 Å². The lowest BCUT2D eigenvalue weighted by Crippen LogP contribution is -2.38. The van der Waals surface area contributed by atoms with Crippen LogP contribution >= 0.6 is 23.5 Å². The molecule has 0 spiro atoms. The van der Waals surface area contributed by atoms with Crippen LogP contribution in [-0.4, -0.2) is 28.6 Å². The van der Waals surface area contributed by atoms with Gasteiger partial charge in [-0.15, -0.1) is 0 Å². The summed E-state index contributed by atoms with van der Waals surface area (Å²) in [6.45, 7) is 7.36. The Morgan fingerprint density at radius 3 is 2.75 bits per heavy atom. The summed E-state index contributed by atoms with van der Waals surface area (Å²) in [4.78, 5) is 0. The maximum absolute atomic E-state index is 13.5. The summed E-state index contributed by atoms with van der Waals surface area (Å²) in [6, 6.07) is 5.88. The fourth-order valence-electron chi connectivity index (χ4n) is 2.60. The SMILES string of the molecule is CCCNC(c1ccc(F)c(C)c1)C1SCCSC1C. The van der Waals surface area contributed by atoms with Crippen LogP contribution in [0.1, 0.15) is 37.4 Å². The van der Waals surface area contributed by atoms with Crippen LogP contribution in [0.15, 0.2) is 18.2 Å². The second kappa shape index (κ2) is 7.71. The highest BCUT2D eigenvalue weighted by atomic mass is 32.2. The Hall–Kier alpha value is -0.190. The van der Waals surface area contributed by atoms with E-state index in [1.807, 2.05) is 19.1 Å². The van der Waals surface area contributed by atoms with Gasteiger partial charge >= 0.3 is 0 Å². The standard InChI is InChI=1S/C16H24FNS2/c1-4-7-18-15(16-12(3)19-8-9-20-16)13-5-6-14(17)11(2)10-13/h5-6,10,12,15-16,18H,4,7-9H2,1-3H3. The molecule has 0 bridgehead atoms. The monoisotopic (exact) mass is 313 g/mol. The van der Waals surface area contributed by atoms with Crippen molar-refractivity contribution in [3.05, 3.63) is 35.1 Å². The van der Waals surface area contributed by atoms with Crippen molar-refractivity contribution in [2.45, 2.75) is 43.7 Å². The molecule has 1 heterocycles. The number of hydrogen-bond acceptors (Lipinski definition) is 3. The van der Waals surface area contributed by atoms with Crippen molar-refractivity contribution < 1.29 is 4.39 Å². The molecule has 4 heteroatoms. The minimum atomic E-state index is -0.110. The van der Waals surface area contributed by atoms with Gasteiger partial charge in [-0.3, -0.25) is 0 Å². The summed E-state index contributed by atoms with van der Waals surface area (Å²) in [7, 11) is 0. The van der Waals surface area contributed by atoms with Crippen molar-refractivity contribution >= 4 is 23.5 Å². The van der Waals surface area contributed by atoms with Crippen LogP contribution in [0.4, 0.5) is 4.39 Å². The zero-order chi connectivity index (χ0) is 14.5. The molecule has 1 nitrogen and oxygen atoms in total. The van der Waals surface area contributed by atoms with E-state index in [9.17, 15) is 4.39 Å². The number of aryl methyl sites for hydroxylation is 1. The van der Waals surface area contributed by atoms with E-state index in [-0.39, 0.29) is 5.82 Å². The molecule has 3 unspecified atom stereocenters. The van der Waals surface area contributed by atoms with Gasteiger partial charge in [-0.25, -0.2) is 4.39 Å². The van der Waals surface area contributed by atoms with Crippen LogP contribution in [0.25, 0.3) is 0 Å². The van der Waals surface area contributed by atoms with Crippen molar-refractivity contribution in [3.63, 3.8) is 0 Å². The fourth-order valence-corrected chi connectivity index (χ4v) is 5.55. The van der Waals surface area contributed by atoms with E-state index in [2.05, 4.69) is 42.7 Å². The molecule has 1 saturated heterocycles. The maximum atomic E-state index is 13.5. The lowest BCUT2D eigenvalue weighted by atomic mass is 9.99. The third-order valence-electron chi connectivity index (χ3n) is 3.72. The van der Waals surface area contributed by atoms with Crippen molar-refractivity contribution in [2.24, 2.45) is 0 Å². The number of benzene rings is 1. The van der Waals surface area contributed by atoms with E-state index in [1.54, 1.807) is 6.07 Å². The fraction of sp³-hybridized carbons (Fsp3) is 0.625. The van der Waals surface area contributed by atoms with Crippen molar-refractivity contribution in [2.75, 3.05) is 18.1 Å². The predicted molar refractivity (Wildman–Crippen MR) is 90.3 cm³/mol. The second-order valence-corrected chi connectivity index (χ2v) is 8.12. The number of rotatable bonds is 5. The topological polar surface area (TPSA) is 12.0 Å². The molecule has 1 aromatic carbocycles. The van der Waals surface area contributed by atoms with E-state index < -0.39 is 0 Å². The van der Waals surface area contributed by atoms with Crippen LogP contribution in [0.3, 0.4) is 0 Å². The average molecular weight is 314 g/mol. The Labute approximate surface area is 130 Å². The molecule has 1 fully saturated rings. The summed E-state index contributed by atoms with van der Waals surface area (Å²) in [5.74, 6) is 2.34. The molecule has 112 valence electrons. The average Bonchev–Trinajstić information content (AvgIpc) is 2.44. The second-order valence-electron chi connectivity index (χ2n) is 5.35. The van der Waals surface area contributed by atoms with Gasteiger partial charge in [0.15, 0.2) is 0 Å². The Morgan fingerprint density at radius 2 is 2.10 bits per heavy atom. The Balaban J connectivity index is 2.23. The molecular formula is C16H24FNS2. The van der Waals surface area contributed by atoms with Gasteiger partial charge in [0.25, 0.3) is 0 Å². The van der Waals surface area contributed by atoms with Gasteiger partial charge in [-0.05, 0) is 37.1 Å². The molecule has 0 aliphatic carbocycles. The molecule has 20 heavy (non-hydrogen) atoms. The molecule has 0 amide bonds. The molecular weight excluding hydrogens is 289 g/mol. The van der Waals surface area contributed by atoms with Crippen LogP contribution in [0.5, 0.6) is 0 Å². The molecule has 1 N–H and O–H groups in total. The Bertz CT molecular complexity index is 438. The molecule has 0 aromatic heterocycles. The zero-order valence-corrected chi connectivity index (χ0v) is 14.1. The molecule has 1 aromatic rings. The number of nitrogens with one attached hydrogen (secondary N) is 1. The van der Waals surface area contributed by atoms with Crippen LogP contribution in [0, 0.1) is 12.7 Å². The maximum Gasteiger partial charge on any atom is 0.126 e. The summed E-state index contributed by atoms with van der Waals surface area (Å²) in [6.07, 6.45) is 1.12. The Morgan fingerprint density at radius 1 is 1.35 bits per heavy atom. The van der Waals surface area contributed by atoms with Crippen LogP contribution in [-0.2, 0) is 0 Å². The summed E-state index contributed by atoms with van der Waals surface area (Å²) in [5.41, 5.74) is 1.97. The first-order valence-electron chi connectivity index (χ1n) is 7.36. The molecule has 1 aliphatic heterocycles. The highest BCUT2D eigenvalue weighted by Gasteiger charge is 2.31. The minimum Gasteiger partial charge on any atom is -0.309 e. The van der Waals surface area contributed by atoms with Gasteiger partial charge in [0.1, 0.15) is 5.82 Å². The van der Waals surface area contributed by atoms with E-state index in [0.717, 1.165) is 18.5 Å². The molecule has 2 rings (SSSR count). The third-order valence-corrected chi connectivity index (χ3v) is 6.92. The van der Waals surface area contributed by atoms with Gasteiger partial charge in [0.2, 0.25) is 0 Å². The van der Waals surface area contributed by atoms with Gasteiger partial charge in [0.05, 0.1) is 0 Å². The summed E-state index contributed by atoms with van der Waals surface area (Å²) < 4.78 is 13.5. The lowest BCUT2D eigenvalue weighted by molar-refractivity contribution is 0.507. The number of thioether (sulfide) groups is 2. The van der Waals surface area contributed by atoms with Gasteiger partial charge in [0, 0.05) is 28.0 Å². The lowest BCUT2D eigenvalue weighted by Gasteiger charge is -2.35. The highest BCUT2D eigenvalue weighted by Crippen LogP contribution is 2.38. The molecule has 1 aliphatic rings. The van der Waals surface area contributed by atoms with Gasteiger partial charge < -0.3 is 5.32 Å². The predicted octanol–water partition coefficient (Wildman–Crippen LogP) is 4.41. The van der Waals surface area contributed by atoms with Crippen LogP contribution in [0.2, 0.25) is 0 Å². The van der Waals surface area contributed by atoms with Gasteiger partial charge in [-0.1, -0.05) is 26.0 Å². The molecule has 3 atom stereocenters. The Kier molecular flexibility index (Phi) is 6.24. The van der Waals surface area contributed by atoms with E-state index >= 15 is 0 Å². The van der Waals surface area contributed by atoms with E-state index in [1.165, 1.54) is 17.1 Å². The first-order chi connectivity index (χ1) is 9.63. The molecule has 0 radical (unpaired) electrons. The summed E-state index contributed by atoms with van der Waals surface area (Å²) in [5, 5.41) is 4.87. The smallest absolute Gasteiger partial charge is 0.126 e. The van der Waals surface area contributed by atoms with Crippen molar-refractivity contribution in [1.29, 1.82) is 0 Å². The van der Waals surface area contributed by atoms with Gasteiger partial charge in [-0.2, -0.15) is 23.5 Å². The number of halogens is 1. The minimum absolute atomic E-state index is 0.110. The van der Waals surface area contributed by atoms with Crippen molar-refractivity contribution in [3.8, 4) is 0 Å². The first-order valence-corrected chi connectivity index (χ1v) is 9.46. The first kappa shape index (κ1) is 16.2. The highest BCUT2D eigenvalue weighted by molar-refractivity contribution is 8.07. The normalized spacial score (nSPS) is 24.6. The van der Waals surface area contributed by atoms with E-state index in [0.29, 0.717) is 16.5 Å². The van der Waals surface area contributed by atoms with E-state index in [4.69, 9.17) is 0 Å². The molecule has 0 saturated carbocycles.